The predicted octanol–water partition coefficient (Wildman–Crippen LogP) is 1.74. The van der Waals surface area contributed by atoms with Gasteiger partial charge in [-0.05, 0) is 26.7 Å². The zero-order chi connectivity index (χ0) is 13.2. The maximum atomic E-state index is 12.1. The van der Waals surface area contributed by atoms with Crippen molar-refractivity contribution in [2.45, 2.75) is 76.3 Å². The Morgan fingerprint density at radius 1 is 1.06 bits per heavy atom. The molecule has 2 heterocycles. The molecule has 0 radical (unpaired) electrons. The zero-order valence-corrected chi connectivity index (χ0v) is 11.3. The Labute approximate surface area is 107 Å². The van der Waals surface area contributed by atoms with Gasteiger partial charge in [0.05, 0.1) is 12.2 Å². The summed E-state index contributed by atoms with van der Waals surface area (Å²) in [5.74, 6) is -1.67. The molecule has 0 aromatic carbocycles. The van der Waals surface area contributed by atoms with E-state index in [0.29, 0.717) is 12.8 Å². The van der Waals surface area contributed by atoms with Crippen molar-refractivity contribution in [2.75, 3.05) is 0 Å². The molecular weight excluding hydrogens is 236 g/mol. The number of cyclic esters (lactones) is 1. The van der Waals surface area contributed by atoms with Gasteiger partial charge in [0.25, 0.3) is 0 Å². The minimum absolute atomic E-state index is 0.0609. The fourth-order valence-corrected chi connectivity index (χ4v) is 3.26. The third-order valence-electron chi connectivity index (χ3n) is 3.80. The van der Waals surface area contributed by atoms with Crippen molar-refractivity contribution in [3.8, 4) is 0 Å². The lowest BCUT2D eigenvalue weighted by Crippen LogP contribution is -2.48. The second kappa shape index (κ2) is 3.46. The molecule has 3 rings (SSSR count). The van der Waals surface area contributed by atoms with E-state index in [1.807, 2.05) is 13.8 Å². The van der Waals surface area contributed by atoms with Gasteiger partial charge in [0.1, 0.15) is 0 Å². The van der Waals surface area contributed by atoms with Gasteiger partial charge in [0, 0.05) is 20.3 Å². The van der Waals surface area contributed by atoms with Gasteiger partial charge in [0.15, 0.2) is 11.4 Å². The van der Waals surface area contributed by atoms with E-state index in [1.165, 1.54) is 0 Å². The van der Waals surface area contributed by atoms with E-state index in [0.717, 1.165) is 6.42 Å². The summed E-state index contributed by atoms with van der Waals surface area (Å²) >= 11 is 0. The van der Waals surface area contributed by atoms with E-state index in [2.05, 4.69) is 0 Å². The smallest absolute Gasteiger partial charge is 0.341 e. The first kappa shape index (κ1) is 12.4. The van der Waals surface area contributed by atoms with E-state index in [1.54, 1.807) is 13.8 Å². The first-order valence-electron chi connectivity index (χ1n) is 6.51. The van der Waals surface area contributed by atoms with E-state index >= 15 is 0 Å². The lowest BCUT2D eigenvalue weighted by molar-refractivity contribution is -0.177. The largest absolute Gasteiger partial charge is 0.432 e. The van der Waals surface area contributed by atoms with Crippen LogP contribution in [0.3, 0.4) is 0 Å². The van der Waals surface area contributed by atoms with Crippen molar-refractivity contribution in [1.29, 1.82) is 0 Å². The Balaban J connectivity index is 1.80. The molecule has 1 aliphatic carbocycles. The molecular formula is C13H20O5. The number of ether oxygens (including phenoxy) is 4. The van der Waals surface area contributed by atoms with Gasteiger partial charge in [-0.1, -0.05) is 0 Å². The Morgan fingerprint density at radius 2 is 1.72 bits per heavy atom. The van der Waals surface area contributed by atoms with Crippen molar-refractivity contribution < 1.29 is 23.7 Å². The van der Waals surface area contributed by atoms with Crippen molar-refractivity contribution in [1.82, 2.24) is 0 Å². The summed E-state index contributed by atoms with van der Waals surface area (Å²) in [6.45, 7) is 7.33. The Morgan fingerprint density at radius 3 is 2.33 bits per heavy atom. The molecule has 18 heavy (non-hydrogen) atoms. The molecule has 0 amide bonds. The summed E-state index contributed by atoms with van der Waals surface area (Å²) in [5.41, 5.74) is -0.839. The van der Waals surface area contributed by atoms with Gasteiger partial charge in [-0.25, -0.2) is 4.79 Å². The minimum Gasteiger partial charge on any atom is -0.432 e. The molecule has 0 unspecified atom stereocenters. The normalized spacial score (nSPS) is 45.0. The lowest BCUT2D eigenvalue weighted by Gasteiger charge is -2.34. The number of carbonyl (C=O) groups excluding carboxylic acids is 1. The van der Waals surface area contributed by atoms with Crippen LogP contribution in [0, 0.1) is 0 Å². The summed E-state index contributed by atoms with van der Waals surface area (Å²) in [4.78, 5) is 12.1. The summed E-state index contributed by atoms with van der Waals surface area (Å²) in [7, 11) is 0. The predicted molar refractivity (Wildman–Crippen MR) is 61.7 cm³/mol. The highest BCUT2D eigenvalue weighted by molar-refractivity contribution is 5.81. The summed E-state index contributed by atoms with van der Waals surface area (Å²) in [5, 5.41) is 0. The van der Waals surface area contributed by atoms with E-state index in [9.17, 15) is 4.79 Å². The van der Waals surface area contributed by atoms with Crippen LogP contribution in [0.5, 0.6) is 0 Å². The zero-order valence-electron chi connectivity index (χ0n) is 11.3. The summed E-state index contributed by atoms with van der Waals surface area (Å²) < 4.78 is 22.8. The molecule has 1 saturated carbocycles. The highest BCUT2D eigenvalue weighted by Crippen LogP contribution is 2.47. The summed E-state index contributed by atoms with van der Waals surface area (Å²) in [6.07, 6.45) is 1.89. The second-order valence-electron chi connectivity index (χ2n) is 6.34. The Kier molecular flexibility index (Phi) is 2.38. The number of rotatable bonds is 0. The molecule has 0 bridgehead atoms. The van der Waals surface area contributed by atoms with Gasteiger partial charge in [0.2, 0.25) is 5.79 Å². The third kappa shape index (κ3) is 1.85. The number of carbonyl (C=O) groups is 1. The van der Waals surface area contributed by atoms with Gasteiger partial charge in [-0.15, -0.1) is 0 Å². The summed E-state index contributed by atoms with van der Waals surface area (Å²) in [6, 6.07) is 0. The Bertz CT molecular complexity index is 389. The molecule has 102 valence electrons. The fraction of sp³-hybridized carbons (Fsp3) is 0.923. The van der Waals surface area contributed by atoms with Crippen LogP contribution in [-0.2, 0) is 23.7 Å². The highest BCUT2D eigenvalue weighted by Gasteiger charge is 2.60. The van der Waals surface area contributed by atoms with Crippen LogP contribution in [0.2, 0.25) is 0 Å². The monoisotopic (exact) mass is 256 g/mol. The standard InChI is InChI=1S/C13H20O5/c1-11(2)15-8-5-6-13(7-9(8)16-11)10(14)17-12(3,4)18-13/h8-9H,5-7H2,1-4H3/t8-,9+,13+/m0/s1. The molecule has 3 atom stereocenters. The van der Waals surface area contributed by atoms with Gasteiger partial charge >= 0.3 is 5.97 Å². The maximum absolute atomic E-state index is 12.1. The molecule has 3 fully saturated rings. The van der Waals surface area contributed by atoms with Gasteiger partial charge in [-0.2, -0.15) is 0 Å². The van der Waals surface area contributed by atoms with Crippen molar-refractivity contribution >= 4 is 5.97 Å². The molecule has 0 N–H and O–H groups in total. The molecule has 2 saturated heterocycles. The second-order valence-corrected chi connectivity index (χ2v) is 6.34. The maximum Gasteiger partial charge on any atom is 0.341 e. The van der Waals surface area contributed by atoms with Crippen molar-refractivity contribution in [3.05, 3.63) is 0 Å². The first-order valence-corrected chi connectivity index (χ1v) is 6.51. The molecule has 2 aliphatic heterocycles. The number of fused-ring (bicyclic) bond motifs is 1. The topological polar surface area (TPSA) is 54.0 Å². The molecule has 0 aromatic rings. The molecule has 1 spiro atoms. The molecule has 5 nitrogen and oxygen atoms in total. The lowest BCUT2D eigenvalue weighted by atomic mass is 9.81. The minimum atomic E-state index is -0.839. The molecule has 0 aromatic heterocycles. The number of hydrogen-bond donors (Lipinski definition) is 0. The van der Waals surface area contributed by atoms with Crippen molar-refractivity contribution in [2.24, 2.45) is 0 Å². The van der Waals surface area contributed by atoms with Crippen molar-refractivity contribution in [3.63, 3.8) is 0 Å². The van der Waals surface area contributed by atoms with E-state index in [4.69, 9.17) is 18.9 Å². The van der Waals surface area contributed by atoms with Crippen LogP contribution >= 0.6 is 0 Å². The highest BCUT2D eigenvalue weighted by atomic mass is 16.8. The number of esters is 1. The van der Waals surface area contributed by atoms with Gasteiger partial charge < -0.3 is 18.9 Å². The van der Waals surface area contributed by atoms with Crippen LogP contribution in [0.4, 0.5) is 0 Å². The average Bonchev–Trinajstić information content (AvgIpc) is 2.59. The van der Waals surface area contributed by atoms with Crippen LogP contribution in [0.1, 0.15) is 47.0 Å². The van der Waals surface area contributed by atoms with E-state index in [-0.39, 0.29) is 18.2 Å². The van der Waals surface area contributed by atoms with Gasteiger partial charge in [-0.3, -0.25) is 0 Å². The van der Waals surface area contributed by atoms with Crippen LogP contribution in [0.25, 0.3) is 0 Å². The first-order chi connectivity index (χ1) is 8.22. The fourth-order valence-electron chi connectivity index (χ4n) is 3.26. The molecule has 5 heteroatoms. The van der Waals surface area contributed by atoms with Crippen LogP contribution in [0.15, 0.2) is 0 Å². The Hall–Kier alpha value is -0.650. The van der Waals surface area contributed by atoms with Crippen LogP contribution < -0.4 is 0 Å². The molecule has 3 aliphatic rings. The number of hydrogen-bond acceptors (Lipinski definition) is 5. The third-order valence-corrected chi connectivity index (χ3v) is 3.80. The van der Waals surface area contributed by atoms with E-state index < -0.39 is 17.2 Å². The average molecular weight is 256 g/mol. The quantitative estimate of drug-likeness (QED) is 0.618. The SMILES string of the molecule is CC1(C)O[C@H]2CC[C@]3(C[C@H]2O1)OC(C)(C)OC3=O. The van der Waals surface area contributed by atoms with Crippen LogP contribution in [-0.4, -0.2) is 35.4 Å².